The van der Waals surface area contributed by atoms with Gasteiger partial charge in [0.2, 0.25) is 10.0 Å². The number of hydrogen-bond donors (Lipinski definition) is 1. The summed E-state index contributed by atoms with van der Waals surface area (Å²) in [6.07, 6.45) is 0. The first-order chi connectivity index (χ1) is 8.80. The highest BCUT2D eigenvalue weighted by molar-refractivity contribution is 7.89. The molecule has 8 heteroatoms. The molecule has 5 nitrogen and oxygen atoms in total. The van der Waals surface area contributed by atoms with Crippen molar-refractivity contribution >= 4 is 10.0 Å². The van der Waals surface area contributed by atoms with E-state index in [9.17, 15) is 17.2 Å². The Balaban J connectivity index is 3.21. The van der Waals surface area contributed by atoms with Gasteiger partial charge < -0.3 is 10.5 Å². The van der Waals surface area contributed by atoms with Crippen LogP contribution in [0.2, 0.25) is 0 Å². The molecule has 0 saturated carbocycles. The minimum atomic E-state index is -3.93. The van der Waals surface area contributed by atoms with Crippen LogP contribution in [0.3, 0.4) is 0 Å². The van der Waals surface area contributed by atoms with Crippen molar-refractivity contribution in [2.75, 3.05) is 13.6 Å². The molecule has 0 spiro atoms. The van der Waals surface area contributed by atoms with Gasteiger partial charge in [0.1, 0.15) is 10.6 Å². The topological polar surface area (TPSA) is 72.6 Å². The fraction of sp³-hybridized carbons (Fsp3) is 0.455. The molecule has 0 bridgehead atoms. The number of hydrogen-bond acceptors (Lipinski definition) is 4. The van der Waals surface area contributed by atoms with Crippen LogP contribution in [0.5, 0.6) is 5.75 Å². The van der Waals surface area contributed by atoms with Crippen LogP contribution in [0.15, 0.2) is 29.2 Å². The number of alkyl halides is 2. The summed E-state index contributed by atoms with van der Waals surface area (Å²) in [6, 6.07) is 4.80. The first-order valence-corrected chi connectivity index (χ1v) is 6.96. The lowest BCUT2D eigenvalue weighted by molar-refractivity contribution is -0.0517. The number of rotatable bonds is 6. The lowest BCUT2D eigenvalue weighted by Crippen LogP contribution is -2.39. The third kappa shape index (κ3) is 3.62. The number of sulfonamides is 1. The molecule has 0 heterocycles. The molecule has 1 unspecified atom stereocenters. The highest BCUT2D eigenvalue weighted by Crippen LogP contribution is 2.27. The van der Waals surface area contributed by atoms with E-state index in [1.807, 2.05) is 0 Å². The molecule has 0 aliphatic rings. The second kappa shape index (κ2) is 6.27. The molecule has 0 saturated heterocycles. The van der Waals surface area contributed by atoms with Crippen LogP contribution >= 0.6 is 0 Å². The van der Waals surface area contributed by atoms with E-state index < -0.39 is 22.7 Å². The van der Waals surface area contributed by atoms with E-state index in [0.29, 0.717) is 0 Å². The number of benzene rings is 1. The molecule has 108 valence electrons. The Morgan fingerprint density at radius 2 is 1.95 bits per heavy atom. The first-order valence-electron chi connectivity index (χ1n) is 5.52. The third-order valence-electron chi connectivity index (χ3n) is 2.68. The molecule has 0 radical (unpaired) electrons. The summed E-state index contributed by atoms with van der Waals surface area (Å²) < 4.78 is 54.3. The normalized spacial score (nSPS) is 13.8. The van der Waals surface area contributed by atoms with E-state index in [-0.39, 0.29) is 17.2 Å². The number of halogens is 2. The van der Waals surface area contributed by atoms with E-state index >= 15 is 0 Å². The van der Waals surface area contributed by atoms with Crippen molar-refractivity contribution in [2.45, 2.75) is 24.5 Å². The zero-order chi connectivity index (χ0) is 14.6. The zero-order valence-electron chi connectivity index (χ0n) is 10.6. The number of para-hydroxylation sites is 1. The minimum absolute atomic E-state index is 0.119. The largest absolute Gasteiger partial charge is 0.433 e. The predicted molar refractivity (Wildman–Crippen MR) is 66.5 cm³/mol. The number of nitrogens with zero attached hydrogens (tertiary/aromatic N) is 1. The molecule has 19 heavy (non-hydrogen) atoms. The Bertz CT molecular complexity index is 522. The van der Waals surface area contributed by atoms with Crippen LogP contribution in [0, 0.1) is 0 Å². The van der Waals surface area contributed by atoms with Gasteiger partial charge >= 0.3 is 6.61 Å². The highest BCUT2D eigenvalue weighted by Gasteiger charge is 2.28. The number of likely N-dealkylation sites (N-methyl/N-ethyl adjacent to an activating group) is 1. The molecule has 1 atom stereocenters. The SMILES string of the molecule is CC(CN)N(C)S(=O)(=O)c1ccccc1OC(F)F. The van der Waals surface area contributed by atoms with Crippen molar-refractivity contribution in [3.8, 4) is 5.75 Å². The van der Waals surface area contributed by atoms with Crippen molar-refractivity contribution in [1.82, 2.24) is 4.31 Å². The summed E-state index contributed by atoms with van der Waals surface area (Å²) in [6.45, 7) is -1.35. The van der Waals surface area contributed by atoms with Crippen LogP contribution in [-0.4, -0.2) is 39.0 Å². The first kappa shape index (κ1) is 15.8. The van der Waals surface area contributed by atoms with E-state index in [4.69, 9.17) is 5.73 Å². The van der Waals surface area contributed by atoms with Crippen LogP contribution < -0.4 is 10.5 Å². The maximum Gasteiger partial charge on any atom is 0.387 e. The van der Waals surface area contributed by atoms with Gasteiger partial charge in [-0.2, -0.15) is 13.1 Å². The smallest absolute Gasteiger partial charge is 0.387 e. The zero-order valence-corrected chi connectivity index (χ0v) is 11.4. The van der Waals surface area contributed by atoms with Gasteiger partial charge in [0, 0.05) is 19.6 Å². The molecule has 2 N–H and O–H groups in total. The summed E-state index contributed by atoms with van der Waals surface area (Å²) in [5.74, 6) is -0.381. The molecule has 0 aliphatic heterocycles. The van der Waals surface area contributed by atoms with Crippen LogP contribution in [0.4, 0.5) is 8.78 Å². The average molecular weight is 294 g/mol. The minimum Gasteiger partial charge on any atom is -0.433 e. The molecule has 0 fully saturated rings. The molecule has 0 aliphatic carbocycles. The Hall–Kier alpha value is -1.25. The maximum atomic E-state index is 12.3. The van der Waals surface area contributed by atoms with Crippen molar-refractivity contribution in [3.05, 3.63) is 24.3 Å². The Morgan fingerprint density at radius 3 is 2.47 bits per heavy atom. The number of ether oxygens (including phenoxy) is 1. The van der Waals surface area contributed by atoms with Gasteiger partial charge in [0.25, 0.3) is 0 Å². The van der Waals surface area contributed by atoms with E-state index in [2.05, 4.69) is 4.74 Å². The molecule has 1 aromatic carbocycles. The molecule has 1 aromatic rings. The summed E-state index contributed by atoms with van der Waals surface area (Å²) in [5.41, 5.74) is 5.41. The summed E-state index contributed by atoms with van der Waals surface area (Å²) in [5, 5.41) is 0. The standard InChI is InChI=1S/C11H16F2N2O3S/c1-8(7-14)15(2)19(16,17)10-6-4-3-5-9(10)18-11(12)13/h3-6,8,11H,7,14H2,1-2H3. The van der Waals surface area contributed by atoms with Gasteiger partial charge in [-0.15, -0.1) is 0 Å². The highest BCUT2D eigenvalue weighted by atomic mass is 32.2. The van der Waals surface area contributed by atoms with Crippen molar-refractivity contribution < 1.29 is 21.9 Å². The maximum absolute atomic E-state index is 12.3. The second-order valence-electron chi connectivity index (χ2n) is 3.93. The fourth-order valence-corrected chi connectivity index (χ4v) is 2.89. The molecule has 0 aromatic heterocycles. The molecule has 1 rings (SSSR count). The third-order valence-corrected chi connectivity index (χ3v) is 4.70. The summed E-state index contributed by atoms with van der Waals surface area (Å²) in [7, 11) is -2.59. The quantitative estimate of drug-likeness (QED) is 0.857. The summed E-state index contributed by atoms with van der Waals surface area (Å²) in [4.78, 5) is -0.307. The van der Waals surface area contributed by atoms with Gasteiger partial charge in [0.15, 0.2) is 0 Å². The summed E-state index contributed by atoms with van der Waals surface area (Å²) >= 11 is 0. The van der Waals surface area contributed by atoms with E-state index in [0.717, 1.165) is 4.31 Å². The Labute approximate surface area is 111 Å². The van der Waals surface area contributed by atoms with Gasteiger partial charge in [-0.25, -0.2) is 8.42 Å². The van der Waals surface area contributed by atoms with Crippen LogP contribution in [-0.2, 0) is 10.0 Å². The molecular weight excluding hydrogens is 278 g/mol. The molecule has 0 amide bonds. The average Bonchev–Trinajstić information content (AvgIpc) is 2.36. The van der Waals surface area contributed by atoms with Gasteiger partial charge in [-0.1, -0.05) is 12.1 Å². The van der Waals surface area contributed by atoms with Gasteiger partial charge in [-0.3, -0.25) is 0 Å². The monoisotopic (exact) mass is 294 g/mol. The Morgan fingerprint density at radius 1 is 1.37 bits per heavy atom. The lowest BCUT2D eigenvalue weighted by atomic mass is 10.3. The predicted octanol–water partition coefficient (Wildman–Crippen LogP) is 1.26. The van der Waals surface area contributed by atoms with Crippen molar-refractivity contribution in [2.24, 2.45) is 5.73 Å². The molecular formula is C11H16F2N2O3S. The second-order valence-corrected chi connectivity index (χ2v) is 5.90. The van der Waals surface area contributed by atoms with Gasteiger partial charge in [-0.05, 0) is 19.1 Å². The van der Waals surface area contributed by atoms with E-state index in [1.54, 1.807) is 6.92 Å². The van der Waals surface area contributed by atoms with Crippen LogP contribution in [0.1, 0.15) is 6.92 Å². The fourth-order valence-electron chi connectivity index (χ4n) is 1.40. The number of nitrogens with two attached hydrogens (primary N) is 1. The van der Waals surface area contributed by atoms with Gasteiger partial charge in [0.05, 0.1) is 0 Å². The van der Waals surface area contributed by atoms with Crippen molar-refractivity contribution in [1.29, 1.82) is 0 Å². The lowest BCUT2D eigenvalue weighted by Gasteiger charge is -2.24. The Kier molecular flexibility index (Phi) is 5.21. The van der Waals surface area contributed by atoms with E-state index in [1.165, 1.54) is 31.3 Å². The van der Waals surface area contributed by atoms with Crippen LogP contribution in [0.25, 0.3) is 0 Å². The van der Waals surface area contributed by atoms with Crippen molar-refractivity contribution in [3.63, 3.8) is 0 Å².